The molecule has 0 bridgehead atoms. The van der Waals surface area contributed by atoms with E-state index in [1.807, 2.05) is 0 Å². The number of hydrogen-bond acceptors (Lipinski definition) is 3. The minimum absolute atomic E-state index is 0.171. The molecule has 112 valence electrons. The van der Waals surface area contributed by atoms with Crippen LogP contribution in [0.15, 0.2) is 42.5 Å². The summed E-state index contributed by atoms with van der Waals surface area (Å²) in [7, 11) is -3.83. The van der Waals surface area contributed by atoms with Crippen molar-refractivity contribution in [2.45, 2.75) is 6.54 Å². The lowest BCUT2D eigenvalue weighted by atomic mass is 10.2. The molecule has 0 amide bonds. The van der Waals surface area contributed by atoms with Crippen molar-refractivity contribution < 1.29 is 12.8 Å². The van der Waals surface area contributed by atoms with Crippen LogP contribution >= 0.6 is 11.6 Å². The van der Waals surface area contributed by atoms with Crippen molar-refractivity contribution in [1.29, 1.82) is 0 Å². The van der Waals surface area contributed by atoms with Gasteiger partial charge in [0.05, 0.1) is 5.69 Å². The first-order valence-electron chi connectivity index (χ1n) is 5.92. The zero-order valence-electron chi connectivity index (χ0n) is 10.8. The third-order valence-electron chi connectivity index (χ3n) is 2.65. The van der Waals surface area contributed by atoms with E-state index in [1.54, 1.807) is 30.3 Å². The lowest BCUT2D eigenvalue weighted by Crippen LogP contribution is -2.21. The third kappa shape index (κ3) is 4.59. The van der Waals surface area contributed by atoms with Crippen LogP contribution in [-0.2, 0) is 16.8 Å². The summed E-state index contributed by atoms with van der Waals surface area (Å²) in [6.07, 6.45) is 0. The Morgan fingerprint density at radius 2 is 1.81 bits per heavy atom. The minimum Gasteiger partial charge on any atom is -0.381 e. The summed E-state index contributed by atoms with van der Waals surface area (Å²) in [4.78, 5) is 0. The number of halogens is 2. The Bertz CT molecular complexity index is 733. The highest BCUT2D eigenvalue weighted by atomic mass is 35.5. The Morgan fingerprint density at radius 3 is 2.48 bits per heavy atom. The molecule has 8 heteroatoms. The number of rotatable bonds is 5. The smallest absolute Gasteiger partial charge is 0.296 e. The zero-order valence-corrected chi connectivity index (χ0v) is 12.4. The summed E-state index contributed by atoms with van der Waals surface area (Å²) in [6, 6.07) is 10.9. The van der Waals surface area contributed by atoms with Gasteiger partial charge < -0.3 is 5.32 Å². The van der Waals surface area contributed by atoms with Crippen molar-refractivity contribution in [3.05, 3.63) is 58.9 Å². The van der Waals surface area contributed by atoms with Gasteiger partial charge in [-0.05, 0) is 30.3 Å². The number of nitrogens with two attached hydrogens (primary N) is 1. The summed E-state index contributed by atoms with van der Waals surface area (Å²) in [5.74, 6) is -0.409. The van der Waals surface area contributed by atoms with Gasteiger partial charge in [-0.1, -0.05) is 23.7 Å². The van der Waals surface area contributed by atoms with E-state index in [0.717, 1.165) is 0 Å². The first kappa shape index (κ1) is 15.6. The molecule has 2 rings (SSSR count). The Balaban J connectivity index is 2.12. The van der Waals surface area contributed by atoms with Crippen molar-refractivity contribution in [3.63, 3.8) is 0 Å². The van der Waals surface area contributed by atoms with E-state index in [-0.39, 0.29) is 6.54 Å². The first-order chi connectivity index (χ1) is 9.85. The van der Waals surface area contributed by atoms with Crippen LogP contribution in [0.5, 0.6) is 0 Å². The summed E-state index contributed by atoms with van der Waals surface area (Å²) in [5, 5.41) is 8.19. The molecule has 4 N–H and O–H groups in total. The predicted molar refractivity (Wildman–Crippen MR) is 81.9 cm³/mol. The fourth-order valence-electron chi connectivity index (χ4n) is 1.75. The van der Waals surface area contributed by atoms with Gasteiger partial charge in [0.2, 0.25) is 0 Å². The van der Waals surface area contributed by atoms with Gasteiger partial charge in [0, 0.05) is 22.8 Å². The molecule has 2 aromatic rings. The SMILES string of the molecule is NS(=O)(=O)Nc1cccc(NCc2c(F)cccc2Cl)c1. The first-order valence-corrected chi connectivity index (χ1v) is 7.85. The molecule has 0 spiro atoms. The fourth-order valence-corrected chi connectivity index (χ4v) is 2.43. The maximum atomic E-state index is 13.6. The molecule has 0 fully saturated rings. The van der Waals surface area contributed by atoms with E-state index in [1.165, 1.54) is 12.1 Å². The van der Waals surface area contributed by atoms with Gasteiger partial charge >= 0.3 is 0 Å². The molecule has 0 unspecified atom stereocenters. The van der Waals surface area contributed by atoms with E-state index >= 15 is 0 Å². The second-order valence-corrected chi connectivity index (χ2v) is 5.98. The number of hydrogen-bond donors (Lipinski definition) is 3. The predicted octanol–water partition coefficient (Wildman–Crippen LogP) is 2.71. The van der Waals surface area contributed by atoms with Crippen LogP contribution in [0, 0.1) is 5.82 Å². The standard InChI is InChI=1S/C13H13ClFN3O2S/c14-12-5-2-6-13(15)11(12)8-17-9-3-1-4-10(7-9)18-21(16,19)20/h1-7,17-18H,8H2,(H2,16,19,20). The number of benzene rings is 2. The monoisotopic (exact) mass is 329 g/mol. The van der Waals surface area contributed by atoms with Crippen molar-refractivity contribution in [3.8, 4) is 0 Å². The van der Waals surface area contributed by atoms with Crippen molar-refractivity contribution >= 4 is 33.2 Å². The maximum absolute atomic E-state index is 13.6. The van der Waals surface area contributed by atoms with Gasteiger partial charge in [-0.3, -0.25) is 4.72 Å². The van der Waals surface area contributed by atoms with Gasteiger partial charge in [0.15, 0.2) is 0 Å². The second kappa shape index (κ2) is 6.30. The van der Waals surface area contributed by atoms with Crippen LogP contribution in [0.25, 0.3) is 0 Å². The van der Waals surface area contributed by atoms with E-state index < -0.39 is 16.0 Å². The zero-order chi connectivity index (χ0) is 15.5. The Hall–Kier alpha value is -1.83. The molecule has 0 aliphatic rings. The topological polar surface area (TPSA) is 84.2 Å². The van der Waals surface area contributed by atoms with Gasteiger partial charge in [-0.2, -0.15) is 8.42 Å². The molecule has 0 aromatic heterocycles. The van der Waals surface area contributed by atoms with E-state index in [4.69, 9.17) is 16.7 Å². The van der Waals surface area contributed by atoms with E-state index in [0.29, 0.717) is 22.0 Å². The van der Waals surface area contributed by atoms with Crippen LogP contribution in [-0.4, -0.2) is 8.42 Å². The van der Waals surface area contributed by atoms with Crippen molar-refractivity contribution in [1.82, 2.24) is 0 Å². The van der Waals surface area contributed by atoms with Crippen LogP contribution in [0.1, 0.15) is 5.56 Å². The molecule has 0 heterocycles. The van der Waals surface area contributed by atoms with Crippen LogP contribution in [0.4, 0.5) is 15.8 Å². The molecule has 0 aliphatic carbocycles. The van der Waals surface area contributed by atoms with Crippen LogP contribution in [0.2, 0.25) is 5.02 Å². The highest BCUT2D eigenvalue weighted by molar-refractivity contribution is 7.90. The largest absolute Gasteiger partial charge is 0.381 e. The molecule has 0 radical (unpaired) electrons. The van der Waals surface area contributed by atoms with E-state index in [9.17, 15) is 12.8 Å². The van der Waals surface area contributed by atoms with Gasteiger partial charge in [0.1, 0.15) is 5.82 Å². The molecule has 0 aliphatic heterocycles. The average Bonchev–Trinajstić information content (AvgIpc) is 2.36. The molecular weight excluding hydrogens is 317 g/mol. The van der Waals surface area contributed by atoms with Crippen molar-refractivity contribution in [2.75, 3.05) is 10.0 Å². The molecule has 2 aromatic carbocycles. The number of nitrogens with one attached hydrogen (secondary N) is 2. The average molecular weight is 330 g/mol. The Labute approximate surface area is 127 Å². The summed E-state index contributed by atoms with van der Waals surface area (Å²) < 4.78 is 37.7. The third-order valence-corrected chi connectivity index (χ3v) is 3.53. The number of anilines is 2. The highest BCUT2D eigenvalue weighted by Crippen LogP contribution is 2.21. The molecule has 0 atom stereocenters. The summed E-state index contributed by atoms with van der Waals surface area (Å²) >= 11 is 5.93. The maximum Gasteiger partial charge on any atom is 0.296 e. The molecule has 21 heavy (non-hydrogen) atoms. The quantitative estimate of drug-likeness (QED) is 0.788. The molecule has 0 saturated heterocycles. The van der Waals surface area contributed by atoms with E-state index in [2.05, 4.69) is 10.0 Å². The van der Waals surface area contributed by atoms with Gasteiger partial charge in [0.25, 0.3) is 10.2 Å². The second-order valence-electron chi connectivity index (χ2n) is 4.28. The highest BCUT2D eigenvalue weighted by Gasteiger charge is 2.07. The van der Waals surface area contributed by atoms with Crippen molar-refractivity contribution in [2.24, 2.45) is 5.14 Å². The summed E-state index contributed by atoms with van der Waals surface area (Å²) in [5.41, 5.74) is 1.24. The lowest BCUT2D eigenvalue weighted by Gasteiger charge is -2.10. The normalized spacial score (nSPS) is 11.2. The molecular formula is C13H13ClFN3O2S. The van der Waals surface area contributed by atoms with Crippen LogP contribution < -0.4 is 15.2 Å². The molecule has 0 saturated carbocycles. The Kier molecular flexibility index (Phi) is 4.66. The summed E-state index contributed by atoms with van der Waals surface area (Å²) in [6.45, 7) is 0.171. The fraction of sp³-hybridized carbons (Fsp3) is 0.0769. The Morgan fingerprint density at radius 1 is 1.14 bits per heavy atom. The minimum atomic E-state index is -3.83. The lowest BCUT2D eigenvalue weighted by molar-refractivity contribution is 0.603. The van der Waals surface area contributed by atoms with Gasteiger partial charge in [-0.15, -0.1) is 0 Å². The van der Waals surface area contributed by atoms with Gasteiger partial charge in [-0.25, -0.2) is 9.53 Å². The molecule has 5 nitrogen and oxygen atoms in total. The van der Waals surface area contributed by atoms with Crippen LogP contribution in [0.3, 0.4) is 0 Å².